The van der Waals surface area contributed by atoms with E-state index in [4.69, 9.17) is 16.7 Å². The molecule has 0 bridgehead atoms. The molecule has 2 aromatic carbocycles. The summed E-state index contributed by atoms with van der Waals surface area (Å²) in [6.45, 7) is 1.82. The molecule has 1 N–H and O–H groups in total. The third-order valence-electron chi connectivity index (χ3n) is 5.34. The minimum Gasteiger partial charge on any atom is -0.396 e. The van der Waals surface area contributed by atoms with Crippen LogP contribution in [0.1, 0.15) is 42.7 Å². The number of hydrogen-bond donors (Lipinski definition) is 1. The number of nitrogens with zero attached hydrogens (tertiary/aromatic N) is 1. The molecule has 1 aliphatic rings. The van der Waals surface area contributed by atoms with Crippen molar-refractivity contribution in [1.29, 1.82) is 0 Å². The Labute approximate surface area is 160 Å². The van der Waals surface area contributed by atoms with Gasteiger partial charge in [-0.05, 0) is 48.4 Å². The van der Waals surface area contributed by atoms with Gasteiger partial charge in [-0.15, -0.1) is 0 Å². The zero-order chi connectivity index (χ0) is 18.4. The summed E-state index contributed by atoms with van der Waals surface area (Å²) in [6.07, 6.45) is 3.27. The van der Waals surface area contributed by atoms with Crippen LogP contribution < -0.4 is 0 Å². The zero-order valence-corrected chi connectivity index (χ0v) is 15.7. The van der Waals surface area contributed by atoms with E-state index < -0.39 is 0 Å². The first-order valence-electron chi connectivity index (χ1n) is 9.36. The summed E-state index contributed by atoms with van der Waals surface area (Å²) in [7, 11) is 0. The van der Waals surface area contributed by atoms with Crippen molar-refractivity contribution in [3.05, 3.63) is 70.7 Å². The largest absolute Gasteiger partial charge is 0.396 e. The summed E-state index contributed by atoms with van der Waals surface area (Å²) in [4.78, 5) is 14.9. The van der Waals surface area contributed by atoms with Crippen molar-refractivity contribution in [2.45, 2.75) is 31.6 Å². The van der Waals surface area contributed by atoms with Gasteiger partial charge in [0.2, 0.25) is 5.91 Å². The molecule has 1 fully saturated rings. The van der Waals surface area contributed by atoms with Gasteiger partial charge >= 0.3 is 0 Å². The molecule has 26 heavy (non-hydrogen) atoms. The lowest BCUT2D eigenvalue weighted by molar-refractivity contribution is -0.132. The third-order valence-corrected chi connectivity index (χ3v) is 5.57. The number of benzene rings is 2. The molecule has 0 radical (unpaired) electrons. The Morgan fingerprint density at radius 2 is 1.77 bits per heavy atom. The van der Waals surface area contributed by atoms with Crippen LogP contribution in [0, 0.1) is 5.92 Å². The van der Waals surface area contributed by atoms with Crippen LogP contribution in [0.3, 0.4) is 0 Å². The first kappa shape index (κ1) is 18.9. The fraction of sp³-hybridized carbons (Fsp3) is 0.409. The van der Waals surface area contributed by atoms with Gasteiger partial charge in [0.15, 0.2) is 0 Å². The third kappa shape index (κ3) is 4.87. The van der Waals surface area contributed by atoms with E-state index in [1.807, 2.05) is 47.4 Å². The summed E-state index contributed by atoms with van der Waals surface area (Å²) in [5.74, 6) is 0.751. The molecule has 1 saturated heterocycles. The van der Waals surface area contributed by atoms with Crippen molar-refractivity contribution < 1.29 is 9.90 Å². The molecular weight excluding hydrogens is 346 g/mol. The average Bonchev–Trinajstić information content (AvgIpc) is 2.67. The van der Waals surface area contributed by atoms with Gasteiger partial charge in [0.25, 0.3) is 0 Å². The monoisotopic (exact) mass is 371 g/mol. The number of carbonyl (C=O) groups is 1. The first-order valence-corrected chi connectivity index (χ1v) is 9.74. The molecule has 1 atom stereocenters. The van der Waals surface area contributed by atoms with E-state index in [2.05, 4.69) is 12.1 Å². The molecule has 0 unspecified atom stereocenters. The fourth-order valence-corrected chi connectivity index (χ4v) is 3.99. The van der Waals surface area contributed by atoms with Crippen LogP contribution in [0.2, 0.25) is 5.02 Å². The number of rotatable bonds is 6. The highest BCUT2D eigenvalue weighted by Crippen LogP contribution is 2.31. The Morgan fingerprint density at radius 3 is 2.42 bits per heavy atom. The molecule has 3 rings (SSSR count). The second-order valence-electron chi connectivity index (χ2n) is 7.06. The smallest absolute Gasteiger partial charge is 0.223 e. The quantitative estimate of drug-likeness (QED) is 0.813. The minimum atomic E-state index is 0.0116. The van der Waals surface area contributed by atoms with E-state index in [0.29, 0.717) is 17.4 Å². The minimum absolute atomic E-state index is 0.0116. The predicted octanol–water partition coefficient (Wildman–Crippen LogP) is 4.48. The summed E-state index contributed by atoms with van der Waals surface area (Å²) < 4.78 is 0. The predicted molar refractivity (Wildman–Crippen MR) is 105 cm³/mol. The van der Waals surface area contributed by atoms with Crippen molar-refractivity contribution in [1.82, 2.24) is 4.90 Å². The molecule has 1 heterocycles. The number of carbonyl (C=O) groups excluding carboxylic acids is 1. The first-order chi connectivity index (χ1) is 12.7. The van der Waals surface area contributed by atoms with Crippen molar-refractivity contribution in [2.24, 2.45) is 5.92 Å². The van der Waals surface area contributed by atoms with Gasteiger partial charge in [0.1, 0.15) is 0 Å². The van der Waals surface area contributed by atoms with Crippen LogP contribution in [-0.4, -0.2) is 35.6 Å². The highest BCUT2D eigenvalue weighted by Gasteiger charge is 2.26. The van der Waals surface area contributed by atoms with Crippen LogP contribution >= 0.6 is 11.6 Å². The Kier molecular flexibility index (Phi) is 6.70. The Hall–Kier alpha value is -1.84. The standard InChI is InChI=1S/C22H26ClNO2/c23-20-8-4-7-19(15-20)21(18-5-2-1-3-6-18)16-22(26)24-12-9-17(10-13-24)11-14-25/h1-8,15,17,21,25H,9-14,16H2/t21-/m0/s1. The normalized spacial score (nSPS) is 16.5. The maximum Gasteiger partial charge on any atom is 0.223 e. The van der Waals surface area contributed by atoms with Gasteiger partial charge < -0.3 is 10.0 Å². The lowest BCUT2D eigenvalue weighted by atomic mass is 9.87. The molecule has 0 aliphatic carbocycles. The molecule has 1 amide bonds. The fourth-order valence-electron chi connectivity index (χ4n) is 3.79. The molecule has 138 valence electrons. The summed E-state index contributed by atoms with van der Waals surface area (Å²) in [6, 6.07) is 18.0. The van der Waals surface area contributed by atoms with Crippen LogP contribution in [-0.2, 0) is 4.79 Å². The Balaban J connectivity index is 1.73. The van der Waals surface area contributed by atoms with Crippen molar-refractivity contribution in [3.63, 3.8) is 0 Å². The molecule has 2 aromatic rings. The van der Waals surface area contributed by atoms with Gasteiger partial charge in [-0.25, -0.2) is 0 Å². The highest BCUT2D eigenvalue weighted by molar-refractivity contribution is 6.30. The molecule has 0 aromatic heterocycles. The molecular formula is C22H26ClNO2. The number of likely N-dealkylation sites (tertiary alicyclic amines) is 1. The topological polar surface area (TPSA) is 40.5 Å². The molecule has 3 nitrogen and oxygen atoms in total. The number of piperidine rings is 1. The zero-order valence-electron chi connectivity index (χ0n) is 15.0. The average molecular weight is 372 g/mol. The highest BCUT2D eigenvalue weighted by atomic mass is 35.5. The Bertz CT molecular complexity index is 711. The second kappa shape index (κ2) is 9.20. The van der Waals surface area contributed by atoms with Gasteiger partial charge in [0.05, 0.1) is 0 Å². The van der Waals surface area contributed by atoms with Gasteiger partial charge in [-0.3, -0.25) is 4.79 Å². The number of aliphatic hydroxyl groups is 1. The van der Waals surface area contributed by atoms with Crippen molar-refractivity contribution in [3.8, 4) is 0 Å². The van der Waals surface area contributed by atoms with Gasteiger partial charge in [0, 0.05) is 37.1 Å². The number of hydrogen-bond acceptors (Lipinski definition) is 2. The molecule has 0 saturated carbocycles. The number of halogens is 1. The maximum atomic E-state index is 12.9. The maximum absolute atomic E-state index is 12.9. The van der Waals surface area contributed by atoms with Gasteiger partial charge in [-0.2, -0.15) is 0 Å². The van der Waals surface area contributed by atoms with E-state index in [9.17, 15) is 4.79 Å². The van der Waals surface area contributed by atoms with Crippen LogP contribution in [0.15, 0.2) is 54.6 Å². The Morgan fingerprint density at radius 1 is 1.08 bits per heavy atom. The number of amides is 1. The summed E-state index contributed by atoms with van der Waals surface area (Å²) >= 11 is 6.19. The van der Waals surface area contributed by atoms with E-state index in [-0.39, 0.29) is 18.4 Å². The van der Waals surface area contributed by atoms with E-state index >= 15 is 0 Å². The lowest BCUT2D eigenvalue weighted by Gasteiger charge is -2.33. The van der Waals surface area contributed by atoms with Crippen molar-refractivity contribution in [2.75, 3.05) is 19.7 Å². The van der Waals surface area contributed by atoms with Crippen LogP contribution in [0.25, 0.3) is 0 Å². The second-order valence-corrected chi connectivity index (χ2v) is 7.50. The van der Waals surface area contributed by atoms with Crippen LogP contribution in [0.5, 0.6) is 0 Å². The SMILES string of the molecule is O=C(C[C@@H](c1ccccc1)c1cccc(Cl)c1)N1CCC(CCO)CC1. The lowest BCUT2D eigenvalue weighted by Crippen LogP contribution is -2.39. The molecule has 4 heteroatoms. The van der Waals surface area contributed by atoms with E-state index in [1.54, 1.807) is 0 Å². The van der Waals surface area contributed by atoms with E-state index in [1.165, 1.54) is 0 Å². The van der Waals surface area contributed by atoms with Crippen LogP contribution in [0.4, 0.5) is 0 Å². The summed E-state index contributed by atoms with van der Waals surface area (Å²) in [5.41, 5.74) is 2.21. The van der Waals surface area contributed by atoms with Crippen molar-refractivity contribution >= 4 is 17.5 Å². The molecule has 0 spiro atoms. The summed E-state index contributed by atoms with van der Waals surface area (Å²) in [5, 5.41) is 9.79. The number of aliphatic hydroxyl groups excluding tert-OH is 1. The molecule has 1 aliphatic heterocycles. The van der Waals surface area contributed by atoms with Gasteiger partial charge in [-0.1, -0.05) is 54.1 Å². The van der Waals surface area contributed by atoms with E-state index in [0.717, 1.165) is 43.5 Å².